The molecule has 0 fully saturated rings. The van der Waals surface area contributed by atoms with Crippen LogP contribution < -0.4 is 16.6 Å². The standard InChI is InChI=1S/C18H22N4O3/c1-3-12(2)16(17(19)24)20-18(25)14-9-10-15(23)22(21-14)11-13-7-5-4-6-8-13/h4-10,12,16H,3,11H2,1-2H3,(H2,19,24)(H,20,25). The number of amides is 2. The van der Waals surface area contributed by atoms with Crippen molar-refractivity contribution in [1.82, 2.24) is 15.1 Å². The van der Waals surface area contributed by atoms with E-state index in [0.29, 0.717) is 6.42 Å². The van der Waals surface area contributed by atoms with Crippen molar-refractivity contribution in [2.75, 3.05) is 0 Å². The minimum Gasteiger partial charge on any atom is -0.368 e. The second-order valence-corrected chi connectivity index (χ2v) is 5.94. The Hall–Kier alpha value is -2.96. The van der Waals surface area contributed by atoms with Crippen LogP contribution in [0.15, 0.2) is 47.3 Å². The average Bonchev–Trinajstić information content (AvgIpc) is 2.61. The highest BCUT2D eigenvalue weighted by Crippen LogP contribution is 2.08. The van der Waals surface area contributed by atoms with Crippen LogP contribution in [-0.4, -0.2) is 27.6 Å². The molecule has 7 nitrogen and oxygen atoms in total. The largest absolute Gasteiger partial charge is 0.368 e. The molecule has 7 heteroatoms. The van der Waals surface area contributed by atoms with E-state index in [2.05, 4.69) is 10.4 Å². The summed E-state index contributed by atoms with van der Waals surface area (Å²) in [5, 5.41) is 6.71. The van der Waals surface area contributed by atoms with Crippen molar-refractivity contribution in [3.8, 4) is 0 Å². The van der Waals surface area contributed by atoms with Gasteiger partial charge in [0.2, 0.25) is 5.91 Å². The van der Waals surface area contributed by atoms with Crippen LogP contribution in [0.3, 0.4) is 0 Å². The molecule has 2 atom stereocenters. The molecule has 0 spiro atoms. The monoisotopic (exact) mass is 342 g/mol. The number of aromatic nitrogens is 2. The lowest BCUT2D eigenvalue weighted by atomic mass is 9.98. The molecule has 0 bridgehead atoms. The van der Waals surface area contributed by atoms with Crippen LogP contribution in [0.5, 0.6) is 0 Å². The van der Waals surface area contributed by atoms with Gasteiger partial charge in [-0.15, -0.1) is 0 Å². The molecule has 0 aliphatic rings. The van der Waals surface area contributed by atoms with Crippen LogP contribution >= 0.6 is 0 Å². The number of carbonyl (C=O) groups is 2. The van der Waals surface area contributed by atoms with Crippen LogP contribution in [0.1, 0.15) is 36.3 Å². The zero-order chi connectivity index (χ0) is 18.4. The Bertz CT molecular complexity index is 801. The summed E-state index contributed by atoms with van der Waals surface area (Å²) in [6.07, 6.45) is 0.689. The smallest absolute Gasteiger partial charge is 0.272 e. The number of carbonyl (C=O) groups excluding carboxylic acids is 2. The predicted octanol–water partition coefficient (Wildman–Crippen LogP) is 0.921. The van der Waals surface area contributed by atoms with Gasteiger partial charge in [0.25, 0.3) is 11.5 Å². The third-order valence-electron chi connectivity index (χ3n) is 4.08. The number of nitrogens with zero attached hydrogens (tertiary/aromatic N) is 2. The van der Waals surface area contributed by atoms with Crippen molar-refractivity contribution in [3.63, 3.8) is 0 Å². The molecule has 0 radical (unpaired) electrons. The molecule has 0 aliphatic heterocycles. The number of benzene rings is 1. The fourth-order valence-corrected chi connectivity index (χ4v) is 2.38. The predicted molar refractivity (Wildman–Crippen MR) is 93.9 cm³/mol. The van der Waals surface area contributed by atoms with Gasteiger partial charge in [-0.05, 0) is 17.5 Å². The Kier molecular flexibility index (Phi) is 6.05. The van der Waals surface area contributed by atoms with Crippen molar-refractivity contribution in [3.05, 3.63) is 64.1 Å². The summed E-state index contributed by atoms with van der Waals surface area (Å²) in [5.74, 6) is -1.23. The Balaban J connectivity index is 2.21. The molecule has 0 aliphatic carbocycles. The van der Waals surface area contributed by atoms with Gasteiger partial charge in [-0.2, -0.15) is 5.10 Å². The van der Waals surface area contributed by atoms with E-state index in [9.17, 15) is 14.4 Å². The number of hydrogen-bond donors (Lipinski definition) is 2. The topological polar surface area (TPSA) is 107 Å². The van der Waals surface area contributed by atoms with Gasteiger partial charge in [-0.3, -0.25) is 14.4 Å². The Morgan fingerprint density at radius 1 is 1.20 bits per heavy atom. The van der Waals surface area contributed by atoms with E-state index in [1.807, 2.05) is 44.2 Å². The average molecular weight is 342 g/mol. The van der Waals surface area contributed by atoms with Gasteiger partial charge in [-0.1, -0.05) is 50.6 Å². The second-order valence-electron chi connectivity index (χ2n) is 5.94. The van der Waals surface area contributed by atoms with Crippen molar-refractivity contribution in [2.24, 2.45) is 11.7 Å². The summed E-state index contributed by atoms with van der Waals surface area (Å²) < 4.78 is 1.22. The molecule has 3 N–H and O–H groups in total. The molecule has 2 amide bonds. The molecule has 132 valence electrons. The summed E-state index contributed by atoms with van der Waals surface area (Å²) in [7, 11) is 0. The van der Waals surface area contributed by atoms with Crippen LogP contribution in [0.2, 0.25) is 0 Å². The number of primary amides is 1. The van der Waals surface area contributed by atoms with E-state index in [1.165, 1.54) is 16.8 Å². The van der Waals surface area contributed by atoms with Crippen molar-refractivity contribution < 1.29 is 9.59 Å². The first-order chi connectivity index (χ1) is 11.9. The maximum Gasteiger partial charge on any atom is 0.272 e. The number of nitrogens with one attached hydrogen (secondary N) is 1. The van der Waals surface area contributed by atoms with Gasteiger partial charge >= 0.3 is 0 Å². The third-order valence-corrected chi connectivity index (χ3v) is 4.08. The molecule has 2 unspecified atom stereocenters. The lowest BCUT2D eigenvalue weighted by Gasteiger charge is -2.20. The molecule has 0 saturated heterocycles. The second kappa shape index (κ2) is 8.23. The van der Waals surface area contributed by atoms with Crippen molar-refractivity contribution >= 4 is 11.8 Å². The first-order valence-corrected chi connectivity index (χ1v) is 8.14. The van der Waals surface area contributed by atoms with Gasteiger partial charge in [0, 0.05) is 6.07 Å². The van der Waals surface area contributed by atoms with Crippen molar-refractivity contribution in [1.29, 1.82) is 0 Å². The van der Waals surface area contributed by atoms with E-state index in [-0.39, 0.29) is 23.7 Å². The fraction of sp³-hybridized carbons (Fsp3) is 0.333. The Morgan fingerprint density at radius 3 is 2.48 bits per heavy atom. The van der Waals surface area contributed by atoms with Gasteiger partial charge in [0.15, 0.2) is 0 Å². The SMILES string of the molecule is CCC(C)C(NC(=O)c1ccc(=O)n(Cc2ccccc2)n1)C(N)=O. The first-order valence-electron chi connectivity index (χ1n) is 8.14. The van der Waals surface area contributed by atoms with E-state index < -0.39 is 17.9 Å². The minimum atomic E-state index is -0.784. The number of nitrogens with two attached hydrogens (primary N) is 1. The molecule has 2 aromatic rings. The zero-order valence-electron chi connectivity index (χ0n) is 14.3. The highest BCUT2D eigenvalue weighted by atomic mass is 16.2. The van der Waals surface area contributed by atoms with E-state index in [1.54, 1.807) is 0 Å². The van der Waals surface area contributed by atoms with Gasteiger partial charge < -0.3 is 11.1 Å². The highest BCUT2D eigenvalue weighted by Gasteiger charge is 2.24. The summed E-state index contributed by atoms with van der Waals surface area (Å²) in [6.45, 7) is 4.00. The zero-order valence-corrected chi connectivity index (χ0v) is 14.3. The number of rotatable bonds is 7. The van der Waals surface area contributed by atoms with Crippen molar-refractivity contribution in [2.45, 2.75) is 32.9 Å². The molecular weight excluding hydrogens is 320 g/mol. The fourth-order valence-electron chi connectivity index (χ4n) is 2.38. The van der Waals surface area contributed by atoms with E-state index in [0.717, 1.165) is 5.56 Å². The molecule has 1 aromatic carbocycles. The van der Waals surface area contributed by atoms with E-state index >= 15 is 0 Å². The minimum absolute atomic E-state index is 0.0603. The maximum absolute atomic E-state index is 12.4. The molecule has 25 heavy (non-hydrogen) atoms. The van der Waals surface area contributed by atoms with E-state index in [4.69, 9.17) is 5.73 Å². The normalized spacial score (nSPS) is 13.0. The lowest BCUT2D eigenvalue weighted by Crippen LogP contribution is -2.48. The van der Waals surface area contributed by atoms with Gasteiger partial charge in [-0.25, -0.2) is 4.68 Å². The molecule has 2 rings (SSSR count). The number of hydrogen-bond acceptors (Lipinski definition) is 4. The summed E-state index contributed by atoms with van der Waals surface area (Å²) >= 11 is 0. The van der Waals surface area contributed by atoms with Crippen LogP contribution in [-0.2, 0) is 11.3 Å². The third kappa shape index (κ3) is 4.76. The highest BCUT2D eigenvalue weighted by molar-refractivity contribution is 5.95. The van der Waals surface area contributed by atoms with Crippen LogP contribution in [0.4, 0.5) is 0 Å². The molecular formula is C18H22N4O3. The Labute approximate surface area is 145 Å². The maximum atomic E-state index is 12.4. The lowest BCUT2D eigenvalue weighted by molar-refractivity contribution is -0.120. The summed E-state index contributed by atoms with van der Waals surface area (Å²) in [6, 6.07) is 11.2. The Morgan fingerprint density at radius 2 is 1.88 bits per heavy atom. The molecule has 1 aromatic heterocycles. The summed E-state index contributed by atoms with van der Waals surface area (Å²) in [4.78, 5) is 35.9. The van der Waals surface area contributed by atoms with Gasteiger partial charge in [0.05, 0.1) is 6.54 Å². The summed E-state index contributed by atoms with van der Waals surface area (Å²) in [5.41, 5.74) is 6.01. The van der Waals surface area contributed by atoms with Gasteiger partial charge in [0.1, 0.15) is 11.7 Å². The molecule has 1 heterocycles. The van der Waals surface area contributed by atoms with Crippen LogP contribution in [0.25, 0.3) is 0 Å². The quantitative estimate of drug-likeness (QED) is 0.780. The molecule has 0 saturated carbocycles. The van der Waals surface area contributed by atoms with Crippen LogP contribution in [0, 0.1) is 5.92 Å². The first kappa shape index (κ1) is 18.4.